The first-order chi connectivity index (χ1) is 8.00. The van der Waals surface area contributed by atoms with E-state index in [2.05, 4.69) is 0 Å². The van der Waals surface area contributed by atoms with Crippen molar-refractivity contribution in [3.63, 3.8) is 0 Å². The second-order valence-corrected chi connectivity index (χ2v) is 3.83. The predicted octanol–water partition coefficient (Wildman–Crippen LogP) is 1.43. The molecule has 1 heterocycles. The molecule has 2 aromatic rings. The molecular weight excluding hydrogens is 220 g/mol. The van der Waals surface area contributed by atoms with Crippen LogP contribution in [0.15, 0.2) is 30.6 Å². The lowest BCUT2D eigenvalue weighted by atomic mass is 10.2. The van der Waals surface area contributed by atoms with Gasteiger partial charge in [-0.3, -0.25) is 0 Å². The second kappa shape index (κ2) is 3.93. The molecular formula is C12H12N2O3. The van der Waals surface area contributed by atoms with E-state index in [1.165, 1.54) is 18.5 Å². The van der Waals surface area contributed by atoms with Gasteiger partial charge in [-0.1, -0.05) is 0 Å². The van der Waals surface area contributed by atoms with Crippen LogP contribution < -0.4 is 4.73 Å². The zero-order valence-electron chi connectivity index (χ0n) is 9.54. The van der Waals surface area contributed by atoms with Crippen LogP contribution in [0.1, 0.15) is 21.7 Å². The summed E-state index contributed by atoms with van der Waals surface area (Å²) in [5, 5.41) is 20.2. The predicted molar refractivity (Wildman–Crippen MR) is 61.2 cm³/mol. The molecule has 88 valence electrons. The molecule has 0 saturated carbocycles. The Balaban J connectivity index is 2.47. The van der Waals surface area contributed by atoms with E-state index >= 15 is 0 Å². The van der Waals surface area contributed by atoms with Gasteiger partial charge in [0.15, 0.2) is 0 Å². The average Bonchev–Trinajstić information content (AvgIpc) is 2.57. The quantitative estimate of drug-likeness (QED) is 0.629. The Kier molecular flexibility index (Phi) is 2.59. The summed E-state index contributed by atoms with van der Waals surface area (Å²) in [7, 11) is 0. The lowest BCUT2D eigenvalue weighted by Gasteiger charge is -1.99. The average molecular weight is 232 g/mol. The minimum atomic E-state index is -0.962. The molecule has 5 heteroatoms. The fourth-order valence-electron chi connectivity index (χ4n) is 1.64. The number of rotatable bonds is 2. The van der Waals surface area contributed by atoms with Crippen LogP contribution in [0.3, 0.4) is 0 Å². The third-order valence-corrected chi connectivity index (χ3v) is 2.83. The van der Waals surface area contributed by atoms with Crippen LogP contribution >= 0.6 is 0 Å². The summed E-state index contributed by atoms with van der Waals surface area (Å²) in [4.78, 5) is 10.7. The molecule has 5 nitrogen and oxygen atoms in total. The van der Waals surface area contributed by atoms with Crippen molar-refractivity contribution in [1.82, 2.24) is 4.57 Å². The zero-order valence-corrected chi connectivity index (χ0v) is 9.54. The first-order valence-electron chi connectivity index (χ1n) is 5.12. The maximum atomic E-state index is 11.4. The summed E-state index contributed by atoms with van der Waals surface area (Å²) < 4.78 is 2.52. The summed E-state index contributed by atoms with van der Waals surface area (Å²) in [5.74, 6) is -0.962. The summed E-state index contributed by atoms with van der Waals surface area (Å²) >= 11 is 0. The largest absolute Gasteiger partial charge is 0.711 e. The molecule has 0 atom stereocenters. The van der Waals surface area contributed by atoms with Crippen LogP contribution in [0.2, 0.25) is 0 Å². The monoisotopic (exact) mass is 232 g/mol. The molecule has 0 aliphatic carbocycles. The minimum absolute atomic E-state index is 0.227. The van der Waals surface area contributed by atoms with Crippen LogP contribution in [-0.4, -0.2) is 15.6 Å². The molecule has 1 aromatic heterocycles. The fraction of sp³-hybridized carbons (Fsp3) is 0.167. The van der Waals surface area contributed by atoms with Gasteiger partial charge in [-0.25, -0.2) is 9.52 Å². The first kappa shape index (κ1) is 11.2. The molecule has 0 unspecified atom stereocenters. The third-order valence-electron chi connectivity index (χ3n) is 2.83. The van der Waals surface area contributed by atoms with Crippen LogP contribution in [0, 0.1) is 19.1 Å². The molecule has 1 N–H and O–H groups in total. The Morgan fingerprint density at radius 2 is 1.88 bits per heavy atom. The van der Waals surface area contributed by atoms with E-state index in [1.54, 1.807) is 23.6 Å². The van der Waals surface area contributed by atoms with Gasteiger partial charge in [0, 0.05) is 13.8 Å². The van der Waals surface area contributed by atoms with Crippen LogP contribution in [0.25, 0.3) is 5.69 Å². The van der Waals surface area contributed by atoms with Gasteiger partial charge in [0.1, 0.15) is 17.1 Å². The van der Waals surface area contributed by atoms with Gasteiger partial charge in [0.25, 0.3) is 6.33 Å². The van der Waals surface area contributed by atoms with Gasteiger partial charge < -0.3 is 10.3 Å². The molecule has 0 aliphatic heterocycles. The molecule has 0 spiro atoms. The lowest BCUT2D eigenvalue weighted by Crippen LogP contribution is -2.26. The Morgan fingerprint density at radius 1 is 1.29 bits per heavy atom. The van der Waals surface area contributed by atoms with E-state index in [1.807, 2.05) is 6.92 Å². The van der Waals surface area contributed by atoms with Gasteiger partial charge in [-0.05, 0) is 24.3 Å². The Labute approximate surface area is 98.1 Å². The van der Waals surface area contributed by atoms with Crippen molar-refractivity contribution < 1.29 is 14.6 Å². The Morgan fingerprint density at radius 3 is 2.29 bits per heavy atom. The van der Waals surface area contributed by atoms with E-state index in [-0.39, 0.29) is 5.56 Å². The molecule has 0 amide bonds. The van der Waals surface area contributed by atoms with Crippen molar-refractivity contribution >= 4 is 5.97 Å². The number of carboxylic acids is 1. The van der Waals surface area contributed by atoms with Crippen molar-refractivity contribution in [1.29, 1.82) is 0 Å². The highest BCUT2D eigenvalue weighted by Crippen LogP contribution is 2.13. The molecule has 1 aromatic carbocycles. The highest BCUT2D eigenvalue weighted by molar-refractivity contribution is 5.87. The number of aromatic nitrogens is 2. The number of carbonyl (C=O) groups is 1. The maximum absolute atomic E-state index is 11.4. The van der Waals surface area contributed by atoms with Crippen molar-refractivity contribution in [3.05, 3.63) is 52.8 Å². The van der Waals surface area contributed by atoms with Gasteiger partial charge >= 0.3 is 5.97 Å². The number of nitrogens with zero attached hydrogens (tertiary/aromatic N) is 2. The van der Waals surface area contributed by atoms with Crippen molar-refractivity contribution in [2.24, 2.45) is 0 Å². The Hall–Kier alpha value is -2.30. The second-order valence-electron chi connectivity index (χ2n) is 3.83. The maximum Gasteiger partial charge on any atom is 0.335 e. The topological polar surface area (TPSA) is 69.2 Å². The third kappa shape index (κ3) is 1.87. The summed E-state index contributed by atoms with van der Waals surface area (Å²) in [6.07, 6.45) is 1.43. The highest BCUT2D eigenvalue weighted by atomic mass is 16.5. The van der Waals surface area contributed by atoms with Crippen molar-refractivity contribution in [2.75, 3.05) is 0 Å². The minimum Gasteiger partial charge on any atom is -0.711 e. The normalized spacial score (nSPS) is 10.5. The lowest BCUT2D eigenvalue weighted by molar-refractivity contribution is -0.611. The number of carboxylic acid groups (broad SMARTS) is 1. The van der Waals surface area contributed by atoms with Crippen LogP contribution in [-0.2, 0) is 0 Å². The van der Waals surface area contributed by atoms with Gasteiger partial charge in [0.2, 0.25) is 0 Å². The Bertz CT molecular complexity index is 570. The van der Waals surface area contributed by atoms with Crippen molar-refractivity contribution in [3.8, 4) is 5.69 Å². The standard InChI is InChI=1S/C12H12N2O3/c1-8-9(2)14(17)7-13(8)11-5-3-10(4-6-11)12(15)16/h3-7H,1-2H3,(H,15,16). The first-order valence-corrected chi connectivity index (χ1v) is 5.12. The summed E-state index contributed by atoms with van der Waals surface area (Å²) in [6, 6.07) is 6.38. The number of aromatic carboxylic acids is 1. The van der Waals surface area contributed by atoms with Crippen LogP contribution in [0.4, 0.5) is 0 Å². The summed E-state index contributed by atoms with van der Waals surface area (Å²) in [6.45, 7) is 3.58. The van der Waals surface area contributed by atoms with Crippen LogP contribution in [0.5, 0.6) is 0 Å². The number of benzene rings is 1. The molecule has 2 rings (SSSR count). The SMILES string of the molecule is Cc1c(C)[n+]([O-])cn1-c1ccc(C(=O)O)cc1. The van der Waals surface area contributed by atoms with Gasteiger partial charge in [0.05, 0.1) is 5.56 Å². The fourth-order valence-corrected chi connectivity index (χ4v) is 1.64. The zero-order chi connectivity index (χ0) is 12.6. The molecule has 0 saturated heterocycles. The van der Waals surface area contributed by atoms with E-state index in [4.69, 9.17) is 5.11 Å². The van der Waals surface area contributed by atoms with Crippen molar-refractivity contribution in [2.45, 2.75) is 13.8 Å². The molecule has 0 radical (unpaired) electrons. The number of hydrogen-bond acceptors (Lipinski definition) is 2. The van der Waals surface area contributed by atoms with E-state index in [9.17, 15) is 10.0 Å². The number of hydrogen-bond donors (Lipinski definition) is 1. The summed E-state index contributed by atoms with van der Waals surface area (Å²) in [5.41, 5.74) is 2.46. The smallest absolute Gasteiger partial charge is 0.335 e. The molecule has 0 aliphatic rings. The van der Waals surface area contributed by atoms with Gasteiger partial charge in [-0.15, -0.1) is 0 Å². The van der Waals surface area contributed by atoms with E-state index in [0.717, 1.165) is 16.1 Å². The van der Waals surface area contributed by atoms with E-state index in [0.29, 0.717) is 5.69 Å². The molecule has 0 fully saturated rings. The molecule has 0 bridgehead atoms. The number of imidazole rings is 1. The molecule has 17 heavy (non-hydrogen) atoms. The highest BCUT2D eigenvalue weighted by Gasteiger charge is 2.14. The van der Waals surface area contributed by atoms with E-state index < -0.39 is 5.97 Å². The van der Waals surface area contributed by atoms with Gasteiger partial charge in [-0.2, -0.15) is 4.57 Å².